The van der Waals surface area contributed by atoms with Crippen molar-refractivity contribution in [3.8, 4) is 11.6 Å². The molecule has 4 nitrogen and oxygen atoms in total. The molecule has 0 aliphatic carbocycles. The summed E-state index contributed by atoms with van der Waals surface area (Å²) in [4.78, 5) is 4.08. The maximum atomic E-state index is 9.02. The van der Waals surface area contributed by atoms with E-state index in [1.165, 1.54) is 0 Å². The molecular weight excluding hydrogens is 230 g/mol. The van der Waals surface area contributed by atoms with Crippen molar-refractivity contribution in [3.05, 3.63) is 53.7 Å². The molecule has 1 heterocycles. The van der Waals surface area contributed by atoms with Crippen molar-refractivity contribution in [1.29, 1.82) is 0 Å². The van der Waals surface area contributed by atoms with Crippen molar-refractivity contribution in [1.82, 2.24) is 4.98 Å². The molecular formula is C14H15NO3. The van der Waals surface area contributed by atoms with E-state index in [-0.39, 0.29) is 6.61 Å². The molecule has 0 fully saturated rings. The summed E-state index contributed by atoms with van der Waals surface area (Å²) < 4.78 is 10.7. The van der Waals surface area contributed by atoms with Gasteiger partial charge in [-0.25, -0.2) is 4.98 Å². The first-order valence-corrected chi connectivity index (χ1v) is 5.63. The van der Waals surface area contributed by atoms with Crippen molar-refractivity contribution in [3.63, 3.8) is 0 Å². The summed E-state index contributed by atoms with van der Waals surface area (Å²) >= 11 is 0. The number of pyridine rings is 1. The number of methoxy groups -OCH3 is 1. The highest BCUT2D eigenvalue weighted by Crippen LogP contribution is 2.15. The van der Waals surface area contributed by atoms with Crippen LogP contribution >= 0.6 is 0 Å². The van der Waals surface area contributed by atoms with Gasteiger partial charge in [0.05, 0.1) is 13.7 Å². The molecule has 0 amide bonds. The van der Waals surface area contributed by atoms with E-state index in [2.05, 4.69) is 4.98 Å². The third-order valence-corrected chi connectivity index (χ3v) is 2.50. The lowest BCUT2D eigenvalue weighted by Gasteiger charge is -2.07. The Morgan fingerprint density at radius 1 is 1.17 bits per heavy atom. The molecule has 4 heteroatoms. The average molecular weight is 245 g/mol. The highest BCUT2D eigenvalue weighted by molar-refractivity contribution is 5.28. The fourth-order valence-electron chi connectivity index (χ4n) is 1.55. The number of ether oxygens (including phenoxy) is 2. The Morgan fingerprint density at radius 3 is 2.83 bits per heavy atom. The van der Waals surface area contributed by atoms with Crippen LogP contribution in [0, 0.1) is 0 Å². The number of aliphatic hydroxyl groups is 1. The van der Waals surface area contributed by atoms with E-state index in [1.807, 2.05) is 24.3 Å². The van der Waals surface area contributed by atoms with Gasteiger partial charge >= 0.3 is 0 Å². The normalized spacial score (nSPS) is 10.1. The molecule has 1 aromatic heterocycles. The molecule has 0 unspecified atom stereocenters. The Kier molecular flexibility index (Phi) is 4.15. The summed E-state index contributed by atoms with van der Waals surface area (Å²) in [5.74, 6) is 1.30. The van der Waals surface area contributed by atoms with Crippen molar-refractivity contribution >= 4 is 0 Å². The summed E-state index contributed by atoms with van der Waals surface area (Å²) in [6, 6.07) is 11.1. The van der Waals surface area contributed by atoms with Crippen LogP contribution < -0.4 is 9.47 Å². The predicted octanol–water partition coefficient (Wildman–Crippen LogP) is 2.16. The molecule has 0 radical (unpaired) electrons. The maximum absolute atomic E-state index is 9.02. The van der Waals surface area contributed by atoms with Crippen LogP contribution in [0.4, 0.5) is 0 Å². The number of aliphatic hydroxyl groups excluding tert-OH is 1. The smallest absolute Gasteiger partial charge is 0.213 e. The lowest BCUT2D eigenvalue weighted by molar-refractivity contribution is 0.274. The third kappa shape index (κ3) is 3.21. The van der Waals surface area contributed by atoms with Crippen molar-refractivity contribution in [2.45, 2.75) is 13.2 Å². The summed E-state index contributed by atoms with van der Waals surface area (Å²) in [6.45, 7) is 0.400. The third-order valence-electron chi connectivity index (χ3n) is 2.50. The van der Waals surface area contributed by atoms with Crippen molar-refractivity contribution in [2.75, 3.05) is 7.11 Å². The highest BCUT2D eigenvalue weighted by Gasteiger charge is 2.00. The van der Waals surface area contributed by atoms with Gasteiger partial charge < -0.3 is 14.6 Å². The van der Waals surface area contributed by atoms with E-state index in [4.69, 9.17) is 14.6 Å². The molecule has 0 spiro atoms. The van der Waals surface area contributed by atoms with Gasteiger partial charge in [0.25, 0.3) is 0 Å². The lowest BCUT2D eigenvalue weighted by atomic mass is 10.2. The molecule has 2 rings (SSSR count). The second-order valence-corrected chi connectivity index (χ2v) is 3.80. The van der Waals surface area contributed by atoms with Gasteiger partial charge in [0.1, 0.15) is 12.4 Å². The fourth-order valence-corrected chi connectivity index (χ4v) is 1.55. The van der Waals surface area contributed by atoms with Crippen LogP contribution in [0.1, 0.15) is 11.1 Å². The van der Waals surface area contributed by atoms with Gasteiger partial charge in [0.2, 0.25) is 5.88 Å². The minimum absolute atomic E-state index is 0.0158. The first-order chi connectivity index (χ1) is 8.81. The highest BCUT2D eigenvalue weighted by atomic mass is 16.5. The Labute approximate surface area is 106 Å². The van der Waals surface area contributed by atoms with Crippen LogP contribution in [-0.2, 0) is 13.2 Å². The number of nitrogens with zero attached hydrogens (tertiary/aromatic N) is 1. The number of aromatic nitrogens is 1. The molecule has 0 bridgehead atoms. The van der Waals surface area contributed by atoms with Crippen LogP contribution in [0.5, 0.6) is 11.6 Å². The topological polar surface area (TPSA) is 51.6 Å². The molecule has 2 aromatic rings. The van der Waals surface area contributed by atoms with Gasteiger partial charge in [-0.15, -0.1) is 0 Å². The number of rotatable bonds is 5. The summed E-state index contributed by atoms with van der Waals surface area (Å²) in [6.07, 6.45) is 1.62. The number of hydrogen-bond acceptors (Lipinski definition) is 4. The average Bonchev–Trinajstić information content (AvgIpc) is 2.45. The SMILES string of the molecule is COc1cccc(COc2cc(CO)ccn2)c1. The molecule has 0 saturated heterocycles. The number of hydrogen-bond donors (Lipinski definition) is 1. The fraction of sp³-hybridized carbons (Fsp3) is 0.214. The Bertz CT molecular complexity index is 466. The lowest BCUT2D eigenvalue weighted by Crippen LogP contribution is -1.98. The number of benzene rings is 1. The molecule has 1 aromatic carbocycles. The van der Waals surface area contributed by atoms with E-state index >= 15 is 0 Å². The zero-order valence-electron chi connectivity index (χ0n) is 10.2. The quantitative estimate of drug-likeness (QED) is 0.877. The molecule has 1 N–H and O–H groups in total. The van der Waals surface area contributed by atoms with Crippen LogP contribution in [0.25, 0.3) is 0 Å². The first kappa shape index (κ1) is 12.4. The zero-order valence-corrected chi connectivity index (χ0v) is 10.2. The summed E-state index contributed by atoms with van der Waals surface area (Å²) in [7, 11) is 1.63. The molecule has 0 aliphatic heterocycles. The van der Waals surface area contributed by atoms with Crippen LogP contribution in [0.15, 0.2) is 42.6 Å². The van der Waals surface area contributed by atoms with E-state index < -0.39 is 0 Å². The van der Waals surface area contributed by atoms with Gasteiger partial charge in [0, 0.05) is 12.3 Å². The van der Waals surface area contributed by atoms with Gasteiger partial charge in [-0.1, -0.05) is 12.1 Å². The molecule has 0 atom stereocenters. The molecule has 94 valence electrons. The Hall–Kier alpha value is -2.07. The molecule has 0 saturated carbocycles. The monoisotopic (exact) mass is 245 g/mol. The Balaban J connectivity index is 2.01. The van der Waals surface area contributed by atoms with Crippen LogP contribution in [0.3, 0.4) is 0 Å². The largest absolute Gasteiger partial charge is 0.497 e. The van der Waals surface area contributed by atoms with E-state index in [9.17, 15) is 0 Å². The predicted molar refractivity (Wildman–Crippen MR) is 67.5 cm³/mol. The summed E-state index contributed by atoms with van der Waals surface area (Å²) in [5, 5.41) is 9.02. The van der Waals surface area contributed by atoms with Crippen molar-refractivity contribution in [2.24, 2.45) is 0 Å². The summed E-state index contributed by atoms with van der Waals surface area (Å²) in [5.41, 5.74) is 1.79. The minimum atomic E-state index is -0.0158. The second-order valence-electron chi connectivity index (χ2n) is 3.80. The second kappa shape index (κ2) is 6.02. The van der Waals surface area contributed by atoms with Gasteiger partial charge in [0.15, 0.2) is 0 Å². The van der Waals surface area contributed by atoms with Crippen molar-refractivity contribution < 1.29 is 14.6 Å². The Morgan fingerprint density at radius 2 is 2.06 bits per heavy atom. The van der Waals surface area contributed by atoms with Crippen LogP contribution in [0.2, 0.25) is 0 Å². The maximum Gasteiger partial charge on any atom is 0.213 e. The van der Waals surface area contributed by atoms with E-state index in [0.717, 1.165) is 16.9 Å². The zero-order chi connectivity index (χ0) is 12.8. The van der Waals surface area contributed by atoms with Gasteiger partial charge in [-0.2, -0.15) is 0 Å². The van der Waals surface area contributed by atoms with Gasteiger partial charge in [-0.05, 0) is 29.3 Å². The van der Waals surface area contributed by atoms with Crippen LogP contribution in [-0.4, -0.2) is 17.2 Å². The van der Waals surface area contributed by atoms with Gasteiger partial charge in [-0.3, -0.25) is 0 Å². The van der Waals surface area contributed by atoms with E-state index in [1.54, 1.807) is 25.4 Å². The molecule has 18 heavy (non-hydrogen) atoms. The van der Waals surface area contributed by atoms with E-state index in [0.29, 0.717) is 12.5 Å². The minimum Gasteiger partial charge on any atom is -0.497 e. The first-order valence-electron chi connectivity index (χ1n) is 5.63. The molecule has 0 aliphatic rings. The standard InChI is InChI=1S/C14H15NO3/c1-17-13-4-2-3-12(7-13)10-18-14-8-11(9-16)5-6-15-14/h2-8,16H,9-10H2,1H3.